The van der Waals surface area contributed by atoms with E-state index in [4.69, 9.17) is 0 Å². The zero-order valence-electron chi connectivity index (χ0n) is 19.0. The van der Waals surface area contributed by atoms with Crippen molar-refractivity contribution in [1.82, 2.24) is 25.1 Å². The number of fused-ring (bicyclic) bond motifs is 2. The third-order valence-corrected chi connectivity index (χ3v) is 6.71. The topological polar surface area (TPSA) is 99.3 Å². The van der Waals surface area contributed by atoms with Gasteiger partial charge in [-0.05, 0) is 58.6 Å². The number of hydrogen-bond donors (Lipinski definition) is 3. The molecular formula is C27H22N6OS. The number of anilines is 1. The first-order chi connectivity index (χ1) is 17.2. The summed E-state index contributed by atoms with van der Waals surface area (Å²) in [7, 11) is 0. The van der Waals surface area contributed by atoms with Gasteiger partial charge in [0.2, 0.25) is 5.91 Å². The van der Waals surface area contributed by atoms with Crippen molar-refractivity contribution in [3.63, 3.8) is 0 Å². The minimum Gasteiger partial charge on any atom is -0.352 e. The molecule has 0 spiro atoms. The van der Waals surface area contributed by atoms with Crippen LogP contribution in [0.1, 0.15) is 19.8 Å². The van der Waals surface area contributed by atoms with E-state index >= 15 is 0 Å². The molecule has 0 bridgehead atoms. The number of aromatic amines is 2. The molecule has 35 heavy (non-hydrogen) atoms. The van der Waals surface area contributed by atoms with Gasteiger partial charge in [-0.1, -0.05) is 13.0 Å². The fourth-order valence-electron chi connectivity index (χ4n) is 4.34. The van der Waals surface area contributed by atoms with Gasteiger partial charge in [0.15, 0.2) is 0 Å². The van der Waals surface area contributed by atoms with Crippen LogP contribution in [0, 0.1) is 0 Å². The van der Waals surface area contributed by atoms with E-state index in [0.29, 0.717) is 12.1 Å². The first-order valence-electron chi connectivity index (χ1n) is 11.4. The molecule has 0 aliphatic carbocycles. The van der Waals surface area contributed by atoms with Crippen LogP contribution in [0.15, 0.2) is 71.9 Å². The Labute approximate surface area is 205 Å². The average Bonchev–Trinajstić information content (AvgIpc) is 3.63. The number of benzene rings is 1. The molecule has 6 rings (SSSR count). The Morgan fingerprint density at radius 2 is 1.86 bits per heavy atom. The molecular weight excluding hydrogens is 456 g/mol. The van der Waals surface area contributed by atoms with Gasteiger partial charge < -0.3 is 10.3 Å². The number of H-pyrrole nitrogens is 2. The summed E-state index contributed by atoms with van der Waals surface area (Å²) in [6.45, 7) is 1.98. The van der Waals surface area contributed by atoms with Crippen LogP contribution in [-0.2, 0) is 4.79 Å². The van der Waals surface area contributed by atoms with Crippen molar-refractivity contribution in [3.8, 4) is 33.6 Å². The fraction of sp³-hybridized carbons (Fsp3) is 0.111. The van der Waals surface area contributed by atoms with Crippen molar-refractivity contribution in [1.29, 1.82) is 0 Å². The first-order valence-corrected chi connectivity index (χ1v) is 12.4. The number of carbonyl (C=O) groups is 1. The molecule has 3 N–H and O–H groups in total. The Kier molecular flexibility index (Phi) is 5.35. The maximum absolute atomic E-state index is 12.0. The van der Waals surface area contributed by atoms with Crippen LogP contribution < -0.4 is 5.32 Å². The normalized spacial score (nSPS) is 11.3. The second-order valence-corrected chi connectivity index (χ2v) is 9.22. The molecule has 7 nitrogen and oxygen atoms in total. The van der Waals surface area contributed by atoms with E-state index in [1.807, 2.05) is 37.5 Å². The van der Waals surface area contributed by atoms with E-state index in [2.05, 4.69) is 59.4 Å². The van der Waals surface area contributed by atoms with Gasteiger partial charge in [0, 0.05) is 40.7 Å². The Morgan fingerprint density at radius 3 is 2.71 bits per heavy atom. The van der Waals surface area contributed by atoms with Crippen molar-refractivity contribution in [2.75, 3.05) is 5.32 Å². The second kappa shape index (κ2) is 8.81. The van der Waals surface area contributed by atoms with Crippen LogP contribution >= 0.6 is 11.3 Å². The van der Waals surface area contributed by atoms with Crippen molar-refractivity contribution in [2.45, 2.75) is 19.8 Å². The molecule has 172 valence electrons. The summed E-state index contributed by atoms with van der Waals surface area (Å²) in [6, 6.07) is 12.3. The van der Waals surface area contributed by atoms with Gasteiger partial charge in [0.25, 0.3) is 0 Å². The van der Waals surface area contributed by atoms with Gasteiger partial charge in [-0.2, -0.15) is 16.4 Å². The third kappa shape index (κ3) is 3.98. The van der Waals surface area contributed by atoms with E-state index < -0.39 is 0 Å². The number of amides is 1. The minimum atomic E-state index is -0.00542. The monoisotopic (exact) mass is 478 g/mol. The predicted octanol–water partition coefficient (Wildman–Crippen LogP) is 6.64. The Bertz CT molecular complexity index is 1660. The van der Waals surface area contributed by atoms with Gasteiger partial charge in [0.1, 0.15) is 5.69 Å². The molecule has 0 saturated heterocycles. The molecule has 0 aliphatic rings. The van der Waals surface area contributed by atoms with Crippen molar-refractivity contribution in [2.24, 2.45) is 0 Å². The number of rotatable bonds is 6. The van der Waals surface area contributed by atoms with Gasteiger partial charge >= 0.3 is 0 Å². The lowest BCUT2D eigenvalue weighted by Crippen LogP contribution is -2.10. The quantitative estimate of drug-likeness (QED) is 0.250. The lowest BCUT2D eigenvalue weighted by Gasteiger charge is -2.07. The molecule has 0 fully saturated rings. The number of aromatic nitrogens is 5. The fourth-order valence-corrected chi connectivity index (χ4v) is 5.00. The van der Waals surface area contributed by atoms with Crippen LogP contribution in [0.4, 0.5) is 5.69 Å². The molecule has 0 unspecified atom stereocenters. The molecule has 0 atom stereocenters. The second-order valence-electron chi connectivity index (χ2n) is 8.44. The van der Waals surface area contributed by atoms with Crippen LogP contribution in [0.5, 0.6) is 0 Å². The number of nitrogens with one attached hydrogen (secondary N) is 3. The first kappa shape index (κ1) is 21.2. The van der Waals surface area contributed by atoms with Crippen molar-refractivity contribution < 1.29 is 4.79 Å². The molecule has 8 heteroatoms. The van der Waals surface area contributed by atoms with Crippen LogP contribution in [0.25, 0.3) is 55.4 Å². The maximum Gasteiger partial charge on any atom is 0.224 e. The largest absolute Gasteiger partial charge is 0.352 e. The molecule has 0 saturated carbocycles. The van der Waals surface area contributed by atoms with Gasteiger partial charge in [-0.25, -0.2) is 0 Å². The highest BCUT2D eigenvalue weighted by molar-refractivity contribution is 7.08. The lowest BCUT2D eigenvalue weighted by atomic mass is 10.0. The van der Waals surface area contributed by atoms with E-state index in [9.17, 15) is 4.79 Å². The molecule has 6 aromatic rings. The number of nitrogens with zero attached hydrogens (tertiary/aromatic N) is 3. The highest BCUT2D eigenvalue weighted by Gasteiger charge is 2.15. The Hall–Kier alpha value is -4.30. The van der Waals surface area contributed by atoms with Crippen LogP contribution in [0.2, 0.25) is 0 Å². The van der Waals surface area contributed by atoms with Gasteiger partial charge in [-0.3, -0.25) is 19.9 Å². The number of pyridine rings is 2. The molecule has 5 aromatic heterocycles. The number of carbonyl (C=O) groups excluding carboxylic acids is 1. The molecule has 5 heterocycles. The third-order valence-electron chi connectivity index (χ3n) is 6.03. The zero-order valence-corrected chi connectivity index (χ0v) is 19.8. The van der Waals surface area contributed by atoms with Crippen LogP contribution in [0.3, 0.4) is 0 Å². The molecule has 0 radical (unpaired) electrons. The van der Waals surface area contributed by atoms with E-state index in [0.717, 1.165) is 61.9 Å². The van der Waals surface area contributed by atoms with E-state index in [1.54, 1.807) is 23.7 Å². The van der Waals surface area contributed by atoms with Crippen molar-refractivity contribution >= 4 is 44.7 Å². The summed E-state index contributed by atoms with van der Waals surface area (Å²) in [5.74, 6) is -0.00542. The predicted molar refractivity (Wildman–Crippen MR) is 141 cm³/mol. The molecule has 1 aromatic carbocycles. The van der Waals surface area contributed by atoms with Gasteiger partial charge in [-0.15, -0.1) is 0 Å². The summed E-state index contributed by atoms with van der Waals surface area (Å²) in [6.07, 6.45) is 8.52. The smallest absolute Gasteiger partial charge is 0.224 e. The molecule has 1 amide bonds. The molecule has 0 aliphatic heterocycles. The average molecular weight is 479 g/mol. The summed E-state index contributed by atoms with van der Waals surface area (Å²) >= 11 is 1.67. The highest BCUT2D eigenvalue weighted by atomic mass is 32.1. The summed E-state index contributed by atoms with van der Waals surface area (Å²) < 4.78 is 0. The number of thiophene rings is 1. The number of hydrogen-bond acceptors (Lipinski definition) is 5. The van der Waals surface area contributed by atoms with Crippen LogP contribution in [-0.4, -0.2) is 31.1 Å². The maximum atomic E-state index is 12.0. The standard InChI is InChI=1S/C27H22N6OS/c1-2-3-26(34)30-19-8-18(11-28-12-19)16-4-5-23-21(9-16)27(33-32-23)24-10-20-22(17-6-7-35-15-17)13-29-14-25(20)31-24/h4-15,31H,2-3H2,1H3,(H,30,34)(H,32,33). The summed E-state index contributed by atoms with van der Waals surface area (Å²) in [5.41, 5.74) is 8.55. The van der Waals surface area contributed by atoms with Gasteiger partial charge in [0.05, 0.1) is 34.8 Å². The Morgan fingerprint density at radius 1 is 0.943 bits per heavy atom. The van der Waals surface area contributed by atoms with Crippen molar-refractivity contribution in [3.05, 3.63) is 71.9 Å². The Balaban J connectivity index is 1.40. The SMILES string of the molecule is CCCC(=O)Nc1cncc(-c2ccc3[nH]nc(-c4cc5c(-c6ccsc6)cncc5[nH]4)c3c2)c1. The summed E-state index contributed by atoms with van der Waals surface area (Å²) in [5, 5.41) is 17.0. The van der Waals surface area contributed by atoms with E-state index in [-0.39, 0.29) is 5.91 Å². The minimum absolute atomic E-state index is 0.00542. The zero-order chi connectivity index (χ0) is 23.8. The van der Waals surface area contributed by atoms with E-state index in [1.165, 1.54) is 0 Å². The summed E-state index contributed by atoms with van der Waals surface area (Å²) in [4.78, 5) is 24.3. The lowest BCUT2D eigenvalue weighted by molar-refractivity contribution is -0.116. The highest BCUT2D eigenvalue weighted by Crippen LogP contribution is 2.35.